The van der Waals surface area contributed by atoms with Crippen molar-refractivity contribution in [3.05, 3.63) is 41.2 Å². The summed E-state index contributed by atoms with van der Waals surface area (Å²) in [6, 6.07) is 10.9. The number of aromatic nitrogens is 2. The quantitative estimate of drug-likeness (QED) is 0.286. The summed E-state index contributed by atoms with van der Waals surface area (Å²) in [7, 11) is -3.12. The predicted octanol–water partition coefficient (Wildman–Crippen LogP) is 5.41. The van der Waals surface area contributed by atoms with Gasteiger partial charge in [0.15, 0.2) is 9.84 Å². The average molecular weight is 618 g/mol. The van der Waals surface area contributed by atoms with Gasteiger partial charge in [0.1, 0.15) is 11.8 Å². The van der Waals surface area contributed by atoms with Crippen molar-refractivity contribution >= 4 is 27.3 Å². The van der Waals surface area contributed by atoms with E-state index in [0.29, 0.717) is 62.6 Å². The fourth-order valence-corrected chi connectivity index (χ4v) is 7.11. The zero-order valence-corrected chi connectivity index (χ0v) is 26.4. The maximum atomic E-state index is 11.8. The summed E-state index contributed by atoms with van der Waals surface area (Å²) in [4.78, 5) is 9.44. The maximum absolute atomic E-state index is 11.8. The number of nitriles is 1. The molecular weight excluding hydrogens is 574 g/mol. The Morgan fingerprint density at radius 3 is 2.71 bits per heavy atom. The molecule has 1 unspecified atom stereocenters. The van der Waals surface area contributed by atoms with Crippen LogP contribution in [0.25, 0.3) is 11.3 Å². The summed E-state index contributed by atoms with van der Waals surface area (Å²) in [6.07, 6.45) is 8.96. The fourth-order valence-electron chi connectivity index (χ4n) is 5.82. The number of ether oxygens (including phenoxy) is 2. The minimum atomic E-state index is -3.12. The van der Waals surface area contributed by atoms with Gasteiger partial charge in [-0.2, -0.15) is 5.26 Å². The second kappa shape index (κ2) is 15.4. The number of halogens is 1. The van der Waals surface area contributed by atoms with Crippen molar-refractivity contribution in [2.24, 2.45) is 11.3 Å². The Morgan fingerprint density at radius 1 is 1.24 bits per heavy atom. The first-order valence-electron chi connectivity index (χ1n) is 15.1. The van der Waals surface area contributed by atoms with E-state index in [4.69, 9.17) is 26.1 Å². The highest BCUT2D eigenvalue weighted by molar-refractivity contribution is 7.91. The molecule has 0 aromatic carbocycles. The van der Waals surface area contributed by atoms with Crippen LogP contribution in [0.1, 0.15) is 64.5 Å². The first-order chi connectivity index (χ1) is 20.2. The first-order valence-corrected chi connectivity index (χ1v) is 17.3. The minimum Gasteiger partial charge on any atom is -0.381 e. The van der Waals surface area contributed by atoms with Crippen molar-refractivity contribution in [1.82, 2.24) is 15.3 Å². The molecule has 0 spiro atoms. The van der Waals surface area contributed by atoms with Crippen LogP contribution in [-0.4, -0.2) is 68.5 Å². The zero-order valence-electron chi connectivity index (χ0n) is 24.8. The molecule has 2 aliphatic rings. The lowest BCUT2D eigenvalue weighted by atomic mass is 9.82. The Bertz CT molecular complexity index is 1300. The van der Waals surface area contributed by atoms with Crippen LogP contribution in [0.4, 0.5) is 5.82 Å². The van der Waals surface area contributed by atoms with Crippen LogP contribution in [0.5, 0.6) is 0 Å². The van der Waals surface area contributed by atoms with Crippen LogP contribution < -0.4 is 10.6 Å². The highest BCUT2D eigenvalue weighted by atomic mass is 35.5. The third-order valence-corrected chi connectivity index (χ3v) is 10.1. The number of hydrogen-bond acceptors (Lipinski definition) is 9. The highest BCUT2D eigenvalue weighted by Gasteiger charge is 2.32. The molecule has 9 nitrogen and oxygen atoms in total. The van der Waals surface area contributed by atoms with Crippen molar-refractivity contribution < 1.29 is 17.9 Å². The number of rotatable bonds is 14. The Morgan fingerprint density at radius 2 is 2.00 bits per heavy atom. The van der Waals surface area contributed by atoms with E-state index in [1.165, 1.54) is 0 Å². The molecule has 3 heterocycles. The molecular formula is C31H44ClN5O4S. The largest absolute Gasteiger partial charge is 0.381 e. The minimum absolute atomic E-state index is 0.101. The Kier molecular flexibility index (Phi) is 12.0. The van der Waals surface area contributed by atoms with Gasteiger partial charge in [0.2, 0.25) is 0 Å². The molecule has 1 aliphatic carbocycles. The summed E-state index contributed by atoms with van der Waals surface area (Å²) in [5.74, 6) is 1.22. The van der Waals surface area contributed by atoms with Crippen molar-refractivity contribution in [2.45, 2.75) is 77.3 Å². The molecule has 2 aromatic rings. The third-order valence-electron chi connectivity index (χ3n) is 8.24. The van der Waals surface area contributed by atoms with Crippen LogP contribution in [0.15, 0.2) is 30.5 Å². The molecule has 230 valence electrons. The van der Waals surface area contributed by atoms with Gasteiger partial charge < -0.3 is 20.1 Å². The van der Waals surface area contributed by atoms with Crippen LogP contribution >= 0.6 is 11.6 Å². The number of nitrogens with zero attached hydrogens (tertiary/aromatic N) is 3. The SMILES string of the molecule is CCCS(=O)(=O)COCC(C)NC1CCC(Cc2cc(-c3cccc(NCC4(C#N)CCOCC4)n3)c(Cl)cn2)CC1. The van der Waals surface area contributed by atoms with Crippen molar-refractivity contribution in [2.75, 3.05) is 43.4 Å². The van der Waals surface area contributed by atoms with Crippen LogP contribution in [0.3, 0.4) is 0 Å². The van der Waals surface area contributed by atoms with Gasteiger partial charge in [-0.25, -0.2) is 13.4 Å². The predicted molar refractivity (Wildman–Crippen MR) is 166 cm³/mol. The van der Waals surface area contributed by atoms with E-state index in [1.54, 1.807) is 6.20 Å². The molecule has 2 aromatic heterocycles. The summed E-state index contributed by atoms with van der Waals surface area (Å²) >= 11 is 6.58. The summed E-state index contributed by atoms with van der Waals surface area (Å²) in [5, 5.41) is 17.3. The lowest BCUT2D eigenvalue weighted by Crippen LogP contribution is -2.41. The van der Waals surface area contributed by atoms with Crippen molar-refractivity contribution in [3.8, 4) is 17.3 Å². The molecule has 1 saturated carbocycles. The molecule has 1 aliphatic heterocycles. The van der Waals surface area contributed by atoms with Crippen molar-refractivity contribution in [3.63, 3.8) is 0 Å². The molecule has 1 saturated heterocycles. The fraction of sp³-hybridized carbons (Fsp3) is 0.645. The number of nitrogens with one attached hydrogen (secondary N) is 2. The van der Waals surface area contributed by atoms with E-state index >= 15 is 0 Å². The van der Waals surface area contributed by atoms with Gasteiger partial charge in [-0.1, -0.05) is 24.6 Å². The van der Waals surface area contributed by atoms with E-state index in [-0.39, 0.29) is 17.7 Å². The van der Waals surface area contributed by atoms with Gasteiger partial charge in [-0.05, 0) is 82.4 Å². The highest BCUT2D eigenvalue weighted by Crippen LogP contribution is 2.32. The molecule has 2 N–H and O–H groups in total. The molecule has 42 heavy (non-hydrogen) atoms. The van der Waals surface area contributed by atoms with Gasteiger partial charge in [-0.15, -0.1) is 0 Å². The van der Waals surface area contributed by atoms with Gasteiger partial charge in [0, 0.05) is 49.3 Å². The Balaban J connectivity index is 1.27. The van der Waals surface area contributed by atoms with Gasteiger partial charge in [0.05, 0.1) is 34.6 Å². The second-order valence-electron chi connectivity index (χ2n) is 11.8. The number of pyridine rings is 2. The smallest absolute Gasteiger partial charge is 0.174 e. The standard InChI is InChI=1S/C31H44ClN5O4S/c1-3-15-42(38,39)22-41-19-23(2)36-25-9-7-24(8-10-25)16-26-17-27(28(32)18-34-26)29-5-4-6-30(37-29)35-21-31(20-33)11-13-40-14-12-31/h4-6,17-18,23-25,36H,3,7-16,19,21-22H2,1-2H3,(H,35,37). The summed E-state index contributed by atoms with van der Waals surface area (Å²) < 4.78 is 34.6. The number of hydrogen-bond donors (Lipinski definition) is 2. The van der Waals surface area contributed by atoms with E-state index in [1.807, 2.05) is 32.0 Å². The zero-order chi connectivity index (χ0) is 30.0. The van der Waals surface area contributed by atoms with E-state index < -0.39 is 15.3 Å². The van der Waals surface area contributed by atoms with E-state index in [2.05, 4.69) is 27.8 Å². The number of anilines is 1. The molecule has 1 atom stereocenters. The average Bonchev–Trinajstić information content (AvgIpc) is 2.98. The van der Waals surface area contributed by atoms with Crippen LogP contribution in [0, 0.1) is 22.7 Å². The van der Waals surface area contributed by atoms with Crippen LogP contribution in [0.2, 0.25) is 5.02 Å². The van der Waals surface area contributed by atoms with E-state index in [0.717, 1.165) is 54.9 Å². The normalized spacial score (nSPS) is 21.4. The topological polar surface area (TPSA) is 126 Å². The summed E-state index contributed by atoms with van der Waals surface area (Å²) in [6.45, 7) is 6.04. The molecule has 0 amide bonds. The molecule has 2 fully saturated rings. The van der Waals surface area contributed by atoms with Gasteiger partial charge in [0.25, 0.3) is 0 Å². The molecule has 11 heteroatoms. The summed E-state index contributed by atoms with van der Waals surface area (Å²) in [5.41, 5.74) is 2.20. The molecule has 4 rings (SSSR count). The lowest BCUT2D eigenvalue weighted by molar-refractivity contribution is 0.0455. The van der Waals surface area contributed by atoms with E-state index in [9.17, 15) is 13.7 Å². The molecule has 0 radical (unpaired) electrons. The maximum Gasteiger partial charge on any atom is 0.174 e. The Labute approximate surface area is 255 Å². The lowest BCUT2D eigenvalue weighted by Gasteiger charge is -2.31. The van der Waals surface area contributed by atoms with Crippen LogP contribution in [-0.2, 0) is 25.7 Å². The first kappa shape index (κ1) is 32.6. The van der Waals surface area contributed by atoms with Crippen molar-refractivity contribution in [1.29, 1.82) is 5.26 Å². The third kappa shape index (κ3) is 9.61. The van der Waals surface area contributed by atoms with Gasteiger partial charge in [-0.3, -0.25) is 4.98 Å². The Hall–Kier alpha value is -2.29. The monoisotopic (exact) mass is 617 g/mol. The second-order valence-corrected chi connectivity index (χ2v) is 14.4. The van der Waals surface area contributed by atoms with Gasteiger partial charge >= 0.3 is 0 Å². The number of sulfone groups is 1. The molecule has 0 bridgehead atoms.